The van der Waals surface area contributed by atoms with Gasteiger partial charge >= 0.3 is 0 Å². The molecule has 0 saturated carbocycles. The summed E-state index contributed by atoms with van der Waals surface area (Å²) in [6, 6.07) is 3.78. The monoisotopic (exact) mass is 306 g/mol. The van der Waals surface area contributed by atoms with Crippen LogP contribution in [-0.4, -0.2) is 36.1 Å². The highest BCUT2D eigenvalue weighted by Crippen LogP contribution is 2.37. The molecule has 0 aliphatic heterocycles. The summed E-state index contributed by atoms with van der Waals surface area (Å²) in [5.41, 5.74) is 2.14. The van der Waals surface area contributed by atoms with Crippen LogP contribution < -0.4 is 4.74 Å². The van der Waals surface area contributed by atoms with Gasteiger partial charge in [-0.15, -0.1) is 0 Å². The van der Waals surface area contributed by atoms with E-state index in [1.165, 1.54) is 0 Å². The van der Waals surface area contributed by atoms with Crippen molar-refractivity contribution in [3.8, 4) is 5.75 Å². The lowest BCUT2D eigenvalue weighted by Gasteiger charge is -2.35. The Morgan fingerprint density at radius 2 is 1.95 bits per heavy atom. The Balaban J connectivity index is 2.31. The number of benzene rings is 1. The van der Waals surface area contributed by atoms with E-state index in [0.717, 1.165) is 62.1 Å². The highest BCUT2D eigenvalue weighted by atomic mass is 16.6. The molecule has 5 nitrogen and oxygen atoms in total. The van der Waals surface area contributed by atoms with Gasteiger partial charge in [0.25, 0.3) is 5.69 Å². The molecule has 0 saturated heterocycles. The van der Waals surface area contributed by atoms with Gasteiger partial charge in [0.1, 0.15) is 5.75 Å². The first-order chi connectivity index (χ1) is 10.6. The first-order valence-corrected chi connectivity index (χ1v) is 8.19. The lowest BCUT2D eigenvalue weighted by Crippen LogP contribution is -2.40. The van der Waals surface area contributed by atoms with Crippen LogP contribution in [0.4, 0.5) is 5.69 Å². The van der Waals surface area contributed by atoms with Crippen molar-refractivity contribution in [2.45, 2.75) is 52.0 Å². The summed E-state index contributed by atoms with van der Waals surface area (Å²) < 4.78 is 5.45. The summed E-state index contributed by atoms with van der Waals surface area (Å²) in [5, 5.41) is 11.2. The Labute approximate surface area is 132 Å². The van der Waals surface area contributed by atoms with Gasteiger partial charge in [0.15, 0.2) is 0 Å². The zero-order chi connectivity index (χ0) is 16.1. The molecule has 2 rings (SSSR count). The zero-order valence-corrected chi connectivity index (χ0v) is 13.8. The second-order valence-electron chi connectivity index (χ2n) is 5.93. The molecular weight excluding hydrogens is 280 g/mol. The predicted octanol–water partition coefficient (Wildman–Crippen LogP) is 3.58. The summed E-state index contributed by atoms with van der Waals surface area (Å²) in [6.45, 7) is 6.58. The van der Waals surface area contributed by atoms with Gasteiger partial charge in [-0.1, -0.05) is 13.8 Å². The normalized spacial score (nSPS) is 17.4. The number of nitrogens with zero attached hydrogens (tertiary/aromatic N) is 2. The molecule has 0 spiro atoms. The minimum absolute atomic E-state index is 0.242. The van der Waals surface area contributed by atoms with E-state index in [1.807, 2.05) is 0 Å². The van der Waals surface area contributed by atoms with Gasteiger partial charge in [0.2, 0.25) is 0 Å². The summed E-state index contributed by atoms with van der Waals surface area (Å²) in [5.74, 6) is 0.790. The van der Waals surface area contributed by atoms with Crippen molar-refractivity contribution in [1.29, 1.82) is 0 Å². The first kappa shape index (κ1) is 16.7. The minimum atomic E-state index is -0.269. The third-order valence-electron chi connectivity index (χ3n) is 4.49. The van der Waals surface area contributed by atoms with E-state index in [1.54, 1.807) is 19.2 Å². The fraction of sp³-hybridized carbons (Fsp3) is 0.647. The lowest BCUT2D eigenvalue weighted by molar-refractivity contribution is -0.385. The highest BCUT2D eigenvalue weighted by molar-refractivity contribution is 5.54. The number of fused-ring (bicyclic) bond motifs is 1. The van der Waals surface area contributed by atoms with E-state index < -0.39 is 0 Å². The predicted molar refractivity (Wildman–Crippen MR) is 87.6 cm³/mol. The molecule has 1 atom stereocenters. The molecule has 0 radical (unpaired) electrons. The van der Waals surface area contributed by atoms with Crippen molar-refractivity contribution in [1.82, 2.24) is 4.90 Å². The van der Waals surface area contributed by atoms with Crippen LogP contribution in [-0.2, 0) is 12.8 Å². The van der Waals surface area contributed by atoms with E-state index in [-0.39, 0.29) is 10.6 Å². The number of hydrogen-bond donors (Lipinski definition) is 0. The average molecular weight is 306 g/mol. The molecule has 0 fully saturated rings. The zero-order valence-electron chi connectivity index (χ0n) is 13.8. The van der Waals surface area contributed by atoms with Crippen molar-refractivity contribution in [3.05, 3.63) is 33.4 Å². The van der Waals surface area contributed by atoms with Gasteiger partial charge < -0.3 is 9.64 Å². The summed E-state index contributed by atoms with van der Waals surface area (Å²) in [6.07, 6.45) is 4.86. The minimum Gasteiger partial charge on any atom is -0.496 e. The molecule has 1 aromatic carbocycles. The SMILES string of the molecule is CCCN(CCC)C1CCc2c([N+](=O)[O-])ccc(OC)c2C1. The van der Waals surface area contributed by atoms with E-state index in [0.29, 0.717) is 6.04 Å². The maximum Gasteiger partial charge on any atom is 0.273 e. The van der Waals surface area contributed by atoms with Crippen molar-refractivity contribution in [3.63, 3.8) is 0 Å². The van der Waals surface area contributed by atoms with Crippen LogP contribution in [0.2, 0.25) is 0 Å². The van der Waals surface area contributed by atoms with Gasteiger partial charge in [-0.05, 0) is 51.3 Å². The second-order valence-corrected chi connectivity index (χ2v) is 5.93. The number of hydrogen-bond acceptors (Lipinski definition) is 4. The molecule has 1 aliphatic rings. The summed E-state index contributed by atoms with van der Waals surface area (Å²) in [7, 11) is 1.64. The van der Waals surface area contributed by atoms with Crippen LogP contribution in [0.1, 0.15) is 44.2 Å². The van der Waals surface area contributed by atoms with Crippen molar-refractivity contribution >= 4 is 5.69 Å². The molecule has 22 heavy (non-hydrogen) atoms. The molecule has 1 aliphatic carbocycles. The Kier molecular flexibility index (Phi) is 5.77. The fourth-order valence-corrected chi connectivity index (χ4v) is 3.54. The van der Waals surface area contributed by atoms with Crippen LogP contribution in [0.15, 0.2) is 12.1 Å². The van der Waals surface area contributed by atoms with Crippen molar-refractivity contribution in [2.75, 3.05) is 20.2 Å². The maximum atomic E-state index is 11.2. The molecule has 0 heterocycles. The number of methoxy groups -OCH3 is 1. The molecule has 0 amide bonds. The standard InChI is InChI=1S/C17H26N2O3/c1-4-10-18(11-5-2)13-6-7-14-15(12-13)17(22-3)9-8-16(14)19(20)21/h8-9,13H,4-7,10-12H2,1-3H3. The molecule has 1 unspecified atom stereocenters. The fourth-order valence-electron chi connectivity index (χ4n) is 3.54. The third kappa shape index (κ3) is 3.40. The first-order valence-electron chi connectivity index (χ1n) is 8.19. The lowest BCUT2D eigenvalue weighted by atomic mass is 9.85. The number of nitro benzene ring substituents is 1. The van der Waals surface area contributed by atoms with Gasteiger partial charge in [0.05, 0.1) is 12.0 Å². The number of nitro groups is 1. The van der Waals surface area contributed by atoms with E-state index >= 15 is 0 Å². The number of rotatable bonds is 7. The largest absolute Gasteiger partial charge is 0.496 e. The molecule has 0 bridgehead atoms. The Bertz CT molecular complexity index is 525. The van der Waals surface area contributed by atoms with Crippen LogP contribution >= 0.6 is 0 Å². The topological polar surface area (TPSA) is 55.6 Å². The van der Waals surface area contributed by atoms with Crippen LogP contribution in [0, 0.1) is 10.1 Å². The number of ether oxygens (including phenoxy) is 1. The Morgan fingerprint density at radius 1 is 1.27 bits per heavy atom. The van der Waals surface area contributed by atoms with Gasteiger partial charge in [-0.2, -0.15) is 0 Å². The van der Waals surface area contributed by atoms with Crippen molar-refractivity contribution < 1.29 is 9.66 Å². The maximum absolute atomic E-state index is 11.2. The summed E-state index contributed by atoms with van der Waals surface area (Å²) in [4.78, 5) is 13.5. The third-order valence-corrected chi connectivity index (χ3v) is 4.49. The van der Waals surface area contributed by atoms with E-state index in [2.05, 4.69) is 18.7 Å². The molecule has 0 aromatic heterocycles. The van der Waals surface area contributed by atoms with Crippen LogP contribution in [0.25, 0.3) is 0 Å². The average Bonchev–Trinajstić information content (AvgIpc) is 2.52. The Morgan fingerprint density at radius 3 is 2.50 bits per heavy atom. The summed E-state index contributed by atoms with van der Waals surface area (Å²) >= 11 is 0. The van der Waals surface area contributed by atoms with Crippen LogP contribution in [0.5, 0.6) is 5.75 Å². The van der Waals surface area contributed by atoms with Gasteiger partial charge in [-0.3, -0.25) is 10.1 Å². The van der Waals surface area contributed by atoms with E-state index in [4.69, 9.17) is 4.74 Å². The Hall–Kier alpha value is -1.62. The van der Waals surface area contributed by atoms with Crippen molar-refractivity contribution in [2.24, 2.45) is 0 Å². The molecule has 1 aromatic rings. The highest BCUT2D eigenvalue weighted by Gasteiger charge is 2.30. The molecule has 5 heteroatoms. The van der Waals surface area contributed by atoms with E-state index in [9.17, 15) is 10.1 Å². The molecule has 0 N–H and O–H groups in total. The van der Waals surface area contributed by atoms with Gasteiger partial charge in [-0.25, -0.2) is 0 Å². The van der Waals surface area contributed by atoms with Gasteiger partial charge in [0, 0.05) is 23.2 Å². The second kappa shape index (κ2) is 7.58. The molecular formula is C17H26N2O3. The smallest absolute Gasteiger partial charge is 0.273 e. The van der Waals surface area contributed by atoms with Crippen LogP contribution in [0.3, 0.4) is 0 Å². The molecule has 122 valence electrons. The quantitative estimate of drug-likeness (QED) is 0.570.